The van der Waals surface area contributed by atoms with Crippen molar-refractivity contribution in [3.63, 3.8) is 0 Å². The highest BCUT2D eigenvalue weighted by molar-refractivity contribution is 5.69. The predicted molar refractivity (Wildman–Crippen MR) is 222 cm³/mol. The number of hydrogen-bond acceptors (Lipinski definition) is 5. The van der Waals surface area contributed by atoms with E-state index in [1.165, 1.54) is 128 Å². The van der Waals surface area contributed by atoms with Crippen LogP contribution in [0.2, 0.25) is 0 Å². The van der Waals surface area contributed by atoms with Gasteiger partial charge in [0.05, 0.1) is 26.2 Å². The molecule has 6 heteroatoms. The minimum Gasteiger partial charge on any atom is -0.496 e. The number of carbonyl (C=O) groups excluding carboxylic acids is 1. The highest BCUT2D eigenvalue weighted by atomic mass is 16.7. The predicted octanol–water partition coefficient (Wildman–Crippen LogP) is 13.1. The summed E-state index contributed by atoms with van der Waals surface area (Å²) >= 11 is 0. The van der Waals surface area contributed by atoms with Crippen molar-refractivity contribution >= 4 is 5.97 Å². The van der Waals surface area contributed by atoms with Crippen LogP contribution in [0.1, 0.15) is 188 Å². The van der Waals surface area contributed by atoms with Crippen molar-refractivity contribution in [3.8, 4) is 0 Å². The third-order valence-electron chi connectivity index (χ3n) is 8.88. The molecule has 1 heterocycles. The first-order valence-electron chi connectivity index (χ1n) is 21.2. The molecule has 1 fully saturated rings. The zero-order valence-electron chi connectivity index (χ0n) is 35.5. The van der Waals surface area contributed by atoms with Gasteiger partial charge < -0.3 is 19.3 Å². The van der Waals surface area contributed by atoms with Crippen molar-refractivity contribution in [2.45, 2.75) is 196 Å². The number of rotatable bonds is 25. The van der Waals surface area contributed by atoms with Crippen LogP contribution in [0.3, 0.4) is 0 Å². The lowest BCUT2D eigenvalue weighted by molar-refractivity contribution is -0.865. The van der Waals surface area contributed by atoms with E-state index in [2.05, 4.69) is 66.8 Å². The summed E-state index contributed by atoms with van der Waals surface area (Å²) in [6, 6.07) is 10.3. The SMILES string of the molecule is CCC.CCCCCCCCCCC(=O)OC(CCCCCCCCCC)OC.CCCO/C=C/[N+]1(CC)CCCC1.CO.Cc1ccccc1. The van der Waals surface area contributed by atoms with Gasteiger partial charge in [-0.1, -0.05) is 167 Å². The lowest BCUT2D eigenvalue weighted by Gasteiger charge is -2.27. The summed E-state index contributed by atoms with van der Waals surface area (Å²) in [5.41, 5.74) is 1.32. The number of aliphatic hydroxyl groups is 1. The summed E-state index contributed by atoms with van der Waals surface area (Å²) in [5, 5.41) is 7.00. The van der Waals surface area contributed by atoms with Gasteiger partial charge in [-0.05, 0) is 33.1 Å². The summed E-state index contributed by atoms with van der Waals surface area (Å²) < 4.78 is 17.3. The molecule has 1 aromatic carbocycles. The molecular formula is C45H88NO5+. The average molecular weight is 723 g/mol. The molecule has 0 bridgehead atoms. The van der Waals surface area contributed by atoms with Crippen LogP contribution in [0.4, 0.5) is 0 Å². The zero-order chi connectivity index (χ0) is 38.7. The van der Waals surface area contributed by atoms with Crippen LogP contribution in [0.25, 0.3) is 0 Å². The highest BCUT2D eigenvalue weighted by Crippen LogP contribution is 2.19. The maximum Gasteiger partial charge on any atom is 0.308 e. The van der Waals surface area contributed by atoms with Crippen LogP contribution in [0.5, 0.6) is 0 Å². The third-order valence-corrected chi connectivity index (χ3v) is 8.88. The van der Waals surface area contributed by atoms with Crippen molar-refractivity contribution in [3.05, 3.63) is 48.4 Å². The molecule has 1 unspecified atom stereocenters. The fourth-order valence-electron chi connectivity index (χ4n) is 5.71. The van der Waals surface area contributed by atoms with Gasteiger partial charge in [-0.25, -0.2) is 0 Å². The number of aryl methyl sites for hydroxylation is 1. The molecule has 0 radical (unpaired) electrons. The second kappa shape index (κ2) is 44.3. The van der Waals surface area contributed by atoms with E-state index < -0.39 is 0 Å². The Balaban J connectivity index is -0.000000750. The highest BCUT2D eigenvalue weighted by Gasteiger charge is 2.27. The minimum absolute atomic E-state index is 0.0950. The number of carbonyl (C=O) groups is 1. The van der Waals surface area contributed by atoms with E-state index in [9.17, 15) is 4.79 Å². The van der Waals surface area contributed by atoms with Gasteiger partial charge in [-0.3, -0.25) is 9.28 Å². The first kappa shape index (κ1) is 53.5. The smallest absolute Gasteiger partial charge is 0.308 e. The Labute approximate surface area is 318 Å². The number of esters is 1. The van der Waals surface area contributed by atoms with Crippen molar-refractivity contribution in [2.75, 3.05) is 40.5 Å². The molecule has 2 rings (SSSR count). The van der Waals surface area contributed by atoms with Crippen molar-refractivity contribution in [1.82, 2.24) is 0 Å². The van der Waals surface area contributed by atoms with Crippen LogP contribution < -0.4 is 0 Å². The zero-order valence-corrected chi connectivity index (χ0v) is 35.5. The minimum atomic E-state index is -0.350. The first-order chi connectivity index (χ1) is 24.9. The molecule has 1 aliphatic rings. The maximum absolute atomic E-state index is 11.9. The molecule has 51 heavy (non-hydrogen) atoms. The molecule has 1 aromatic rings. The van der Waals surface area contributed by atoms with Crippen LogP contribution in [0, 0.1) is 6.92 Å². The molecule has 0 spiro atoms. The Morgan fingerprint density at radius 3 is 1.61 bits per heavy atom. The molecule has 1 atom stereocenters. The number of unbranched alkanes of at least 4 members (excludes halogenated alkanes) is 14. The van der Waals surface area contributed by atoms with Gasteiger partial charge in [0.25, 0.3) is 0 Å². The molecule has 0 amide bonds. The summed E-state index contributed by atoms with van der Waals surface area (Å²) in [5.74, 6) is -0.0950. The Hall–Kier alpha value is -1.89. The van der Waals surface area contributed by atoms with Crippen LogP contribution in [0.15, 0.2) is 42.8 Å². The number of methoxy groups -OCH3 is 1. The van der Waals surface area contributed by atoms with Crippen molar-refractivity contribution in [2.24, 2.45) is 0 Å². The van der Waals surface area contributed by atoms with Gasteiger partial charge >= 0.3 is 5.97 Å². The van der Waals surface area contributed by atoms with Crippen LogP contribution in [-0.4, -0.2) is 62.3 Å². The van der Waals surface area contributed by atoms with E-state index in [1.54, 1.807) is 7.11 Å². The monoisotopic (exact) mass is 723 g/mol. The van der Waals surface area contributed by atoms with Gasteiger partial charge in [0, 0.05) is 39.9 Å². The lowest BCUT2D eigenvalue weighted by Crippen LogP contribution is -2.39. The largest absolute Gasteiger partial charge is 0.496 e. The molecule has 1 aliphatic heterocycles. The fourth-order valence-corrected chi connectivity index (χ4v) is 5.71. The molecular weight excluding hydrogens is 634 g/mol. The molecule has 0 aromatic heterocycles. The van der Waals surface area contributed by atoms with Crippen molar-refractivity contribution < 1.29 is 28.6 Å². The molecule has 0 saturated carbocycles. The van der Waals surface area contributed by atoms with Gasteiger partial charge in [-0.15, -0.1) is 0 Å². The molecule has 0 aliphatic carbocycles. The Bertz CT molecular complexity index is 810. The van der Waals surface area contributed by atoms with E-state index in [0.717, 1.165) is 50.3 Å². The number of hydrogen-bond donors (Lipinski definition) is 1. The van der Waals surface area contributed by atoms with Crippen LogP contribution in [-0.2, 0) is 19.0 Å². The van der Waals surface area contributed by atoms with Gasteiger partial charge in [0.2, 0.25) is 6.29 Å². The van der Waals surface area contributed by atoms with Gasteiger partial charge in [0.15, 0.2) is 0 Å². The van der Waals surface area contributed by atoms with Crippen molar-refractivity contribution in [1.29, 1.82) is 0 Å². The standard InChI is InChI=1S/C23H46O3.C11H22NO.C7H8.C3H8.CH4O/c1-4-6-8-10-12-14-16-18-20-22(24)26-23(25-3)21-19-17-15-13-11-9-7-5-2;1-3-10-13-11-9-12(4-2)7-5-6-8-12;1-7-5-3-2-4-6-7;1-3-2;1-2/h23H,4-21H2,1-3H3;9,11H,3-8,10H2,1-2H3;2-6H,1H3;3H2,1-2H3;2H,1H3/q;+1;;;/b;11-9+;;;. The molecule has 302 valence electrons. The second-order valence-electron chi connectivity index (χ2n) is 13.9. The van der Waals surface area contributed by atoms with Gasteiger partial charge in [-0.2, -0.15) is 0 Å². The Morgan fingerprint density at radius 1 is 0.725 bits per heavy atom. The summed E-state index contributed by atoms with van der Waals surface area (Å²) in [7, 11) is 2.64. The molecule has 6 nitrogen and oxygen atoms in total. The fraction of sp³-hybridized carbons (Fsp3) is 0.800. The van der Waals surface area contributed by atoms with E-state index in [0.29, 0.717) is 6.42 Å². The van der Waals surface area contributed by atoms with Crippen LogP contribution >= 0.6 is 0 Å². The van der Waals surface area contributed by atoms with E-state index in [4.69, 9.17) is 19.3 Å². The lowest BCUT2D eigenvalue weighted by atomic mass is 10.1. The topological polar surface area (TPSA) is 65.0 Å². The number of likely N-dealkylation sites (tertiary alicyclic amines) is 1. The second-order valence-corrected chi connectivity index (χ2v) is 13.9. The molecule has 1 saturated heterocycles. The third kappa shape index (κ3) is 39.2. The number of quaternary nitrogens is 1. The summed E-state index contributed by atoms with van der Waals surface area (Å²) in [6.45, 7) is 19.9. The first-order valence-corrected chi connectivity index (χ1v) is 21.2. The van der Waals surface area contributed by atoms with E-state index in [-0.39, 0.29) is 12.3 Å². The Kier molecular flexibility index (Phi) is 46.4. The summed E-state index contributed by atoms with van der Waals surface area (Å²) in [6.07, 6.45) is 30.5. The average Bonchev–Trinajstić information content (AvgIpc) is 3.63. The Morgan fingerprint density at radius 2 is 1.20 bits per heavy atom. The number of nitrogens with zero attached hydrogens (tertiary/aromatic N) is 1. The van der Waals surface area contributed by atoms with Gasteiger partial charge in [0.1, 0.15) is 12.5 Å². The number of aliphatic hydroxyl groups excluding tert-OH is 1. The van der Waals surface area contributed by atoms with E-state index >= 15 is 0 Å². The number of ether oxygens (including phenoxy) is 3. The van der Waals surface area contributed by atoms with E-state index in [1.807, 2.05) is 24.5 Å². The normalized spacial score (nSPS) is 13.3. The number of benzene rings is 1. The molecule has 1 N–H and O–H groups in total. The quantitative estimate of drug-likeness (QED) is 0.0358. The summed E-state index contributed by atoms with van der Waals surface area (Å²) in [4.78, 5) is 11.9. The maximum atomic E-state index is 11.9.